The van der Waals surface area contributed by atoms with Gasteiger partial charge in [0, 0.05) is 23.6 Å². The number of alkyl halides is 2. The monoisotopic (exact) mass is 461 g/mol. The van der Waals surface area contributed by atoms with E-state index in [9.17, 15) is 8.78 Å². The molecule has 4 rings (SSSR count). The minimum Gasteiger partial charge on any atom is -0.494 e. The molecule has 2 heterocycles. The van der Waals surface area contributed by atoms with Crippen molar-refractivity contribution in [3.05, 3.63) is 71.8 Å². The van der Waals surface area contributed by atoms with Crippen molar-refractivity contribution >= 4 is 23.4 Å². The Morgan fingerprint density at radius 3 is 2.58 bits per heavy atom. The third kappa shape index (κ3) is 4.57. The summed E-state index contributed by atoms with van der Waals surface area (Å²) in [6, 6.07) is 14.8. The normalized spacial score (nSPS) is 11.3. The maximum absolute atomic E-state index is 13.2. The average molecular weight is 462 g/mol. The first-order valence-corrected chi connectivity index (χ1v) is 10.8. The van der Waals surface area contributed by atoms with Crippen molar-refractivity contribution in [2.24, 2.45) is 0 Å². The molecule has 160 valence electrons. The van der Waals surface area contributed by atoms with Crippen LogP contribution in [0.4, 0.5) is 8.78 Å². The number of halogens is 3. The van der Waals surface area contributed by atoms with Gasteiger partial charge in [-0.3, -0.25) is 9.13 Å². The zero-order valence-corrected chi connectivity index (χ0v) is 18.0. The molecule has 0 spiro atoms. The zero-order valence-electron chi connectivity index (χ0n) is 16.5. The Morgan fingerprint density at radius 1 is 1.10 bits per heavy atom. The van der Waals surface area contributed by atoms with Gasteiger partial charge >= 0.3 is 6.55 Å². The molecule has 0 atom stereocenters. The predicted octanol–water partition coefficient (Wildman–Crippen LogP) is 5.87. The summed E-state index contributed by atoms with van der Waals surface area (Å²) in [5.41, 5.74) is 1.51. The van der Waals surface area contributed by atoms with Gasteiger partial charge in [0.15, 0.2) is 11.0 Å². The highest BCUT2D eigenvalue weighted by Gasteiger charge is 2.19. The van der Waals surface area contributed by atoms with Crippen LogP contribution in [-0.2, 0) is 5.75 Å². The van der Waals surface area contributed by atoms with Crippen LogP contribution < -0.4 is 4.74 Å². The second kappa shape index (κ2) is 9.49. The van der Waals surface area contributed by atoms with Gasteiger partial charge in [0.1, 0.15) is 11.6 Å². The van der Waals surface area contributed by atoms with E-state index in [0.717, 1.165) is 16.0 Å². The van der Waals surface area contributed by atoms with Crippen LogP contribution in [0, 0.1) is 0 Å². The van der Waals surface area contributed by atoms with Gasteiger partial charge in [-0.05, 0) is 43.3 Å². The first-order valence-electron chi connectivity index (χ1n) is 9.44. The van der Waals surface area contributed by atoms with E-state index in [0.29, 0.717) is 28.2 Å². The van der Waals surface area contributed by atoms with E-state index in [4.69, 9.17) is 16.3 Å². The molecule has 0 unspecified atom stereocenters. The van der Waals surface area contributed by atoms with Crippen molar-refractivity contribution in [2.45, 2.75) is 24.4 Å². The number of rotatable bonds is 8. The summed E-state index contributed by atoms with van der Waals surface area (Å²) in [7, 11) is 0. The molecule has 0 aliphatic heterocycles. The van der Waals surface area contributed by atoms with Gasteiger partial charge in [-0.1, -0.05) is 35.5 Å². The van der Waals surface area contributed by atoms with Crippen LogP contribution in [0.3, 0.4) is 0 Å². The van der Waals surface area contributed by atoms with Crippen molar-refractivity contribution in [1.29, 1.82) is 0 Å². The molecule has 0 N–H and O–H groups in total. The highest BCUT2D eigenvalue weighted by Crippen LogP contribution is 2.33. The average Bonchev–Trinajstić information content (AvgIpc) is 3.40. The van der Waals surface area contributed by atoms with Crippen LogP contribution in [-0.4, -0.2) is 30.9 Å². The summed E-state index contributed by atoms with van der Waals surface area (Å²) in [4.78, 5) is 4.03. The van der Waals surface area contributed by atoms with Crippen LogP contribution in [0.5, 0.6) is 5.75 Å². The second-order valence-corrected chi connectivity index (χ2v) is 7.72. The molecule has 0 aliphatic rings. The summed E-state index contributed by atoms with van der Waals surface area (Å²) in [5.74, 6) is 1.75. The molecule has 31 heavy (non-hydrogen) atoms. The molecule has 0 fully saturated rings. The molecule has 4 aromatic rings. The third-order valence-electron chi connectivity index (χ3n) is 4.44. The van der Waals surface area contributed by atoms with Crippen molar-refractivity contribution in [1.82, 2.24) is 24.3 Å². The van der Waals surface area contributed by atoms with Crippen molar-refractivity contribution in [2.75, 3.05) is 6.61 Å². The lowest BCUT2D eigenvalue weighted by Crippen LogP contribution is -2.04. The molecule has 2 aromatic carbocycles. The molecule has 0 amide bonds. The number of hydrogen-bond acceptors (Lipinski definition) is 5. The van der Waals surface area contributed by atoms with E-state index < -0.39 is 6.55 Å². The zero-order chi connectivity index (χ0) is 21.8. The third-order valence-corrected chi connectivity index (χ3v) is 5.70. The summed E-state index contributed by atoms with van der Waals surface area (Å²) in [6.45, 7) is -0.170. The lowest BCUT2D eigenvalue weighted by molar-refractivity contribution is 0.0678. The van der Waals surface area contributed by atoms with Crippen molar-refractivity contribution < 1.29 is 13.5 Å². The van der Waals surface area contributed by atoms with Crippen LogP contribution in [0.25, 0.3) is 17.1 Å². The molecule has 10 heteroatoms. The number of aromatic nitrogens is 5. The summed E-state index contributed by atoms with van der Waals surface area (Å²) in [6.07, 6.45) is 2.61. The van der Waals surface area contributed by atoms with Crippen LogP contribution in [0.15, 0.2) is 66.1 Å². The second-order valence-electron chi connectivity index (χ2n) is 6.37. The fourth-order valence-corrected chi connectivity index (χ4v) is 4.16. The van der Waals surface area contributed by atoms with Gasteiger partial charge < -0.3 is 4.74 Å². The van der Waals surface area contributed by atoms with E-state index >= 15 is 0 Å². The maximum atomic E-state index is 13.2. The molecule has 0 bridgehead atoms. The van der Waals surface area contributed by atoms with Gasteiger partial charge in [0.2, 0.25) is 0 Å². The van der Waals surface area contributed by atoms with E-state index in [2.05, 4.69) is 15.2 Å². The fourth-order valence-electron chi connectivity index (χ4n) is 3.03. The lowest BCUT2D eigenvalue weighted by atomic mass is 10.2. The number of imidazole rings is 1. The highest BCUT2D eigenvalue weighted by atomic mass is 35.5. The lowest BCUT2D eigenvalue weighted by Gasteiger charge is -2.12. The fraction of sp³-hybridized carbons (Fsp3) is 0.190. The van der Waals surface area contributed by atoms with E-state index in [1.807, 2.05) is 54.0 Å². The molecular formula is C21H18ClF2N5OS. The van der Waals surface area contributed by atoms with Gasteiger partial charge in [-0.2, -0.15) is 8.78 Å². The molecule has 0 saturated carbocycles. The summed E-state index contributed by atoms with van der Waals surface area (Å²) in [5, 5.41) is 9.71. The Kier molecular flexibility index (Phi) is 6.53. The first-order chi connectivity index (χ1) is 15.1. The highest BCUT2D eigenvalue weighted by molar-refractivity contribution is 7.98. The summed E-state index contributed by atoms with van der Waals surface area (Å²) < 4.78 is 34.5. The van der Waals surface area contributed by atoms with Crippen molar-refractivity contribution in [3.63, 3.8) is 0 Å². The summed E-state index contributed by atoms with van der Waals surface area (Å²) >= 11 is 7.67. The molecule has 2 aromatic heterocycles. The number of hydrogen-bond donors (Lipinski definition) is 0. The Balaban J connectivity index is 1.73. The number of thioether (sulfide) groups is 1. The number of benzene rings is 2. The smallest absolute Gasteiger partial charge is 0.319 e. The van der Waals surface area contributed by atoms with E-state index in [-0.39, 0.29) is 11.6 Å². The Hall–Kier alpha value is -2.91. The van der Waals surface area contributed by atoms with Crippen LogP contribution in [0.1, 0.15) is 19.3 Å². The molecular weight excluding hydrogens is 444 g/mol. The van der Waals surface area contributed by atoms with Crippen LogP contribution in [0.2, 0.25) is 5.02 Å². The molecule has 0 radical (unpaired) electrons. The Morgan fingerprint density at radius 2 is 1.87 bits per heavy atom. The standard InChI is InChI=1S/C21H18ClF2N5OS/c1-2-30-15-9-7-14(8-10-15)29-19(16-5-3-4-6-17(16)22)26-27-21(29)31-13-18-25-11-12-28(18)20(23)24/h3-12,20H,2,13H2,1H3. The number of nitrogens with zero attached hydrogens (tertiary/aromatic N) is 5. The van der Waals surface area contributed by atoms with Gasteiger partial charge in [-0.25, -0.2) is 4.98 Å². The molecule has 0 aliphatic carbocycles. The van der Waals surface area contributed by atoms with Crippen LogP contribution >= 0.6 is 23.4 Å². The Labute approximate surface area is 186 Å². The molecule has 6 nitrogen and oxygen atoms in total. The first kappa shape index (κ1) is 21.3. The van der Waals surface area contributed by atoms with Gasteiger partial charge in [-0.15, -0.1) is 10.2 Å². The predicted molar refractivity (Wildman–Crippen MR) is 116 cm³/mol. The molecule has 0 saturated heterocycles. The van der Waals surface area contributed by atoms with E-state index in [1.54, 1.807) is 6.07 Å². The quantitative estimate of drug-likeness (QED) is 0.307. The van der Waals surface area contributed by atoms with Crippen molar-refractivity contribution in [3.8, 4) is 22.8 Å². The van der Waals surface area contributed by atoms with Gasteiger partial charge in [0.05, 0.1) is 17.4 Å². The van der Waals surface area contributed by atoms with Gasteiger partial charge in [0.25, 0.3) is 0 Å². The minimum atomic E-state index is -2.65. The minimum absolute atomic E-state index is 0.203. The SMILES string of the molecule is CCOc1ccc(-n2c(SCc3nccn3C(F)F)nnc2-c2ccccc2Cl)cc1. The topological polar surface area (TPSA) is 57.8 Å². The Bertz CT molecular complexity index is 1160. The largest absolute Gasteiger partial charge is 0.494 e. The maximum Gasteiger partial charge on any atom is 0.319 e. The van der Waals surface area contributed by atoms with E-state index in [1.165, 1.54) is 24.2 Å². The number of ether oxygens (including phenoxy) is 1.